The van der Waals surface area contributed by atoms with Crippen molar-refractivity contribution in [3.8, 4) is 23.0 Å². The molecule has 1 aromatic heterocycles. The van der Waals surface area contributed by atoms with Crippen molar-refractivity contribution >= 4 is 0 Å². The fraction of sp³-hybridized carbons (Fsp3) is 0.211. The minimum absolute atomic E-state index is 0.0816. The summed E-state index contributed by atoms with van der Waals surface area (Å²) in [6.07, 6.45) is 1.54. The third-order valence-corrected chi connectivity index (χ3v) is 3.74. The molecule has 0 aliphatic carbocycles. The second-order valence-corrected chi connectivity index (χ2v) is 5.42. The number of rotatable bonds is 7. The molecule has 0 spiro atoms. The van der Waals surface area contributed by atoms with Crippen LogP contribution in [0.1, 0.15) is 16.8 Å². The summed E-state index contributed by atoms with van der Waals surface area (Å²) in [5, 5.41) is 18.6. The van der Waals surface area contributed by atoms with Crippen LogP contribution in [0.25, 0.3) is 11.5 Å². The molecular weight excluding hydrogens is 322 g/mol. The molecule has 0 aliphatic rings. The van der Waals surface area contributed by atoms with E-state index in [9.17, 15) is 5.11 Å². The average molecular weight is 341 g/mol. The van der Waals surface area contributed by atoms with E-state index in [-0.39, 0.29) is 19.8 Å². The quantitative estimate of drug-likeness (QED) is 0.687. The number of ether oxygens (including phenoxy) is 2. The van der Waals surface area contributed by atoms with Crippen molar-refractivity contribution in [2.45, 2.75) is 19.8 Å². The molecule has 0 atom stereocenters. The lowest BCUT2D eigenvalue weighted by molar-refractivity contribution is 0.255. The number of benzene rings is 2. The lowest BCUT2D eigenvalue weighted by Crippen LogP contribution is -2.00. The molecule has 0 unspecified atom stereocenters. The van der Waals surface area contributed by atoms with Crippen LogP contribution in [0.3, 0.4) is 0 Å². The van der Waals surface area contributed by atoms with Crippen LogP contribution in [-0.2, 0) is 19.8 Å². The average Bonchev–Trinajstić information content (AvgIpc) is 3.15. The van der Waals surface area contributed by atoms with Gasteiger partial charge in [-0.25, -0.2) is 4.98 Å². The van der Waals surface area contributed by atoms with Crippen molar-refractivity contribution in [3.05, 3.63) is 65.5 Å². The van der Waals surface area contributed by atoms with E-state index >= 15 is 0 Å². The van der Waals surface area contributed by atoms with E-state index in [1.165, 1.54) is 0 Å². The topological polar surface area (TPSA) is 85.0 Å². The van der Waals surface area contributed by atoms with Crippen molar-refractivity contribution in [1.82, 2.24) is 4.98 Å². The second-order valence-electron chi connectivity index (χ2n) is 5.42. The highest BCUT2D eigenvalue weighted by molar-refractivity contribution is 5.54. The van der Waals surface area contributed by atoms with Crippen LogP contribution >= 0.6 is 0 Å². The maximum atomic E-state index is 9.43. The van der Waals surface area contributed by atoms with Crippen molar-refractivity contribution in [2.75, 3.05) is 7.11 Å². The van der Waals surface area contributed by atoms with Gasteiger partial charge in [0.25, 0.3) is 0 Å². The van der Waals surface area contributed by atoms with Gasteiger partial charge in [0.15, 0.2) is 0 Å². The molecule has 0 bridgehead atoms. The van der Waals surface area contributed by atoms with Gasteiger partial charge in [-0.2, -0.15) is 0 Å². The molecule has 130 valence electrons. The number of oxazole rings is 1. The van der Waals surface area contributed by atoms with Crippen LogP contribution < -0.4 is 9.47 Å². The molecule has 0 amide bonds. The van der Waals surface area contributed by atoms with Gasteiger partial charge in [0.2, 0.25) is 5.89 Å². The molecule has 2 aromatic carbocycles. The smallest absolute Gasteiger partial charge is 0.226 e. The van der Waals surface area contributed by atoms with Crippen molar-refractivity contribution < 1.29 is 24.1 Å². The molecule has 25 heavy (non-hydrogen) atoms. The number of aliphatic hydroxyl groups is 2. The van der Waals surface area contributed by atoms with Gasteiger partial charge in [-0.3, -0.25) is 0 Å². The van der Waals surface area contributed by atoms with E-state index in [2.05, 4.69) is 4.98 Å². The van der Waals surface area contributed by atoms with Gasteiger partial charge in [0.1, 0.15) is 30.1 Å². The summed E-state index contributed by atoms with van der Waals surface area (Å²) in [6.45, 7) is -0.0357. The third kappa shape index (κ3) is 3.99. The Morgan fingerprint density at radius 3 is 2.52 bits per heavy atom. The zero-order chi connectivity index (χ0) is 17.6. The van der Waals surface area contributed by atoms with Gasteiger partial charge in [0, 0.05) is 11.1 Å². The second kappa shape index (κ2) is 7.83. The summed E-state index contributed by atoms with van der Waals surface area (Å²) in [5.74, 6) is 1.81. The molecule has 6 nitrogen and oxygen atoms in total. The van der Waals surface area contributed by atoms with Gasteiger partial charge in [-0.15, -0.1) is 0 Å². The molecule has 0 fully saturated rings. The minimum atomic E-state index is -0.168. The molecule has 3 rings (SSSR count). The van der Waals surface area contributed by atoms with E-state index in [0.717, 1.165) is 16.9 Å². The summed E-state index contributed by atoms with van der Waals surface area (Å²) < 4.78 is 16.3. The van der Waals surface area contributed by atoms with Gasteiger partial charge < -0.3 is 24.1 Å². The largest absolute Gasteiger partial charge is 0.497 e. The normalized spacial score (nSPS) is 10.7. The number of nitrogens with zero attached hydrogens (tertiary/aromatic N) is 1. The lowest BCUT2D eigenvalue weighted by atomic mass is 10.1. The highest BCUT2D eigenvalue weighted by atomic mass is 16.5. The van der Waals surface area contributed by atoms with Crippen molar-refractivity contribution in [1.29, 1.82) is 0 Å². The first-order valence-corrected chi connectivity index (χ1v) is 7.78. The summed E-state index contributed by atoms with van der Waals surface area (Å²) in [4.78, 5) is 4.41. The van der Waals surface area contributed by atoms with E-state index < -0.39 is 0 Å². The number of methoxy groups -OCH3 is 1. The number of aliphatic hydroxyl groups excluding tert-OH is 2. The van der Waals surface area contributed by atoms with Crippen LogP contribution in [0.2, 0.25) is 0 Å². The van der Waals surface area contributed by atoms with E-state index in [1.807, 2.05) is 24.3 Å². The Morgan fingerprint density at radius 2 is 1.84 bits per heavy atom. The molecule has 0 saturated heterocycles. The fourth-order valence-corrected chi connectivity index (χ4v) is 2.39. The molecule has 0 aliphatic heterocycles. The van der Waals surface area contributed by atoms with Crippen LogP contribution in [0.4, 0.5) is 0 Å². The van der Waals surface area contributed by atoms with Crippen LogP contribution in [-0.4, -0.2) is 22.3 Å². The predicted octanol–water partition coefficient (Wildman–Crippen LogP) is 2.91. The molecule has 3 aromatic rings. The minimum Gasteiger partial charge on any atom is -0.497 e. The Bertz CT molecular complexity index is 826. The van der Waals surface area contributed by atoms with Crippen LogP contribution in [0.5, 0.6) is 11.5 Å². The summed E-state index contributed by atoms with van der Waals surface area (Å²) >= 11 is 0. The van der Waals surface area contributed by atoms with Gasteiger partial charge in [-0.05, 0) is 42.0 Å². The van der Waals surface area contributed by atoms with Crippen molar-refractivity contribution in [2.24, 2.45) is 0 Å². The summed E-state index contributed by atoms with van der Waals surface area (Å²) in [6, 6.07) is 12.6. The monoisotopic (exact) mass is 341 g/mol. The fourth-order valence-electron chi connectivity index (χ4n) is 2.39. The Kier molecular flexibility index (Phi) is 5.33. The Hall–Kier alpha value is -2.83. The number of hydrogen-bond acceptors (Lipinski definition) is 6. The third-order valence-electron chi connectivity index (χ3n) is 3.74. The van der Waals surface area contributed by atoms with Crippen molar-refractivity contribution in [3.63, 3.8) is 0 Å². The molecular formula is C19H19NO5. The first-order valence-electron chi connectivity index (χ1n) is 7.78. The first kappa shape index (κ1) is 17.0. The van der Waals surface area contributed by atoms with Crippen LogP contribution in [0, 0.1) is 0 Å². The van der Waals surface area contributed by atoms with E-state index in [1.54, 1.807) is 31.6 Å². The van der Waals surface area contributed by atoms with Crippen LogP contribution in [0.15, 0.2) is 53.1 Å². The van der Waals surface area contributed by atoms with Gasteiger partial charge in [-0.1, -0.05) is 6.07 Å². The number of hydrogen-bond donors (Lipinski definition) is 2. The molecule has 2 N–H and O–H groups in total. The first-order chi connectivity index (χ1) is 12.2. The maximum absolute atomic E-state index is 9.43. The highest BCUT2D eigenvalue weighted by Gasteiger charge is 2.09. The molecule has 0 radical (unpaired) electrons. The SMILES string of the molecule is COc1ccc(-c2nc(COc3ccc(CO)cc3CO)co2)cc1. The van der Waals surface area contributed by atoms with Gasteiger partial charge >= 0.3 is 0 Å². The van der Waals surface area contributed by atoms with Gasteiger partial charge in [0.05, 0.1) is 20.3 Å². The Labute approximate surface area is 145 Å². The lowest BCUT2D eigenvalue weighted by Gasteiger charge is -2.10. The molecule has 1 heterocycles. The zero-order valence-electron chi connectivity index (χ0n) is 13.8. The number of aromatic nitrogens is 1. The zero-order valence-corrected chi connectivity index (χ0v) is 13.8. The predicted molar refractivity (Wildman–Crippen MR) is 91.1 cm³/mol. The highest BCUT2D eigenvalue weighted by Crippen LogP contribution is 2.24. The Balaban J connectivity index is 1.69. The summed E-state index contributed by atoms with van der Waals surface area (Å²) in [7, 11) is 1.61. The maximum Gasteiger partial charge on any atom is 0.226 e. The van der Waals surface area contributed by atoms with E-state index in [4.69, 9.17) is 19.0 Å². The summed E-state index contributed by atoms with van der Waals surface area (Å²) in [5.41, 5.74) is 2.82. The molecule has 0 saturated carbocycles. The van der Waals surface area contributed by atoms with E-state index in [0.29, 0.717) is 22.9 Å². The standard InChI is InChI=1S/C19H19NO5/c1-23-17-5-3-14(4-6-17)19-20-16(12-25-19)11-24-18-7-2-13(9-21)8-15(18)10-22/h2-8,12,21-22H,9-11H2,1H3. The Morgan fingerprint density at radius 1 is 1.04 bits per heavy atom. The molecule has 6 heteroatoms.